The minimum atomic E-state index is -0.486. The lowest BCUT2D eigenvalue weighted by Gasteiger charge is -2.18. The van der Waals surface area contributed by atoms with Crippen LogP contribution in [0.3, 0.4) is 0 Å². The normalized spacial score (nSPS) is 39.9. The van der Waals surface area contributed by atoms with Gasteiger partial charge in [-0.25, -0.2) is 0 Å². The number of rotatable bonds is 1. The monoisotopic (exact) mass is 140 g/mol. The predicted molar refractivity (Wildman–Crippen MR) is 37.3 cm³/mol. The zero-order valence-corrected chi connectivity index (χ0v) is 5.89. The average molecular weight is 140 g/mol. The smallest absolute Gasteiger partial charge is 0.240 e. The Morgan fingerprint density at radius 3 is 2.70 bits per heavy atom. The molecule has 0 aromatic rings. The van der Waals surface area contributed by atoms with E-state index < -0.39 is 5.54 Å². The molecule has 0 spiro atoms. The number of hydrogen-bond donors (Lipinski definition) is 2. The fraction of sp³-hybridized carbons (Fsp3) is 0.857. The molecule has 2 rings (SSSR count). The molecule has 10 heavy (non-hydrogen) atoms. The van der Waals surface area contributed by atoms with Gasteiger partial charge in [-0.05, 0) is 25.2 Å². The van der Waals surface area contributed by atoms with Crippen LogP contribution in [0.4, 0.5) is 0 Å². The van der Waals surface area contributed by atoms with E-state index >= 15 is 0 Å². The fourth-order valence-electron chi connectivity index (χ4n) is 1.65. The van der Waals surface area contributed by atoms with Gasteiger partial charge < -0.3 is 11.1 Å². The van der Waals surface area contributed by atoms with E-state index in [9.17, 15) is 4.79 Å². The van der Waals surface area contributed by atoms with Crippen LogP contribution in [0.15, 0.2) is 0 Å². The number of carbonyl (C=O) groups is 1. The van der Waals surface area contributed by atoms with Crippen molar-refractivity contribution in [1.29, 1.82) is 0 Å². The molecule has 1 atom stereocenters. The maximum Gasteiger partial charge on any atom is 0.240 e. The van der Waals surface area contributed by atoms with Crippen molar-refractivity contribution in [3.8, 4) is 0 Å². The number of nitrogens with two attached hydrogens (primary N) is 1. The molecule has 0 aromatic heterocycles. The quantitative estimate of drug-likeness (QED) is 0.521. The van der Waals surface area contributed by atoms with E-state index in [-0.39, 0.29) is 5.91 Å². The van der Waals surface area contributed by atoms with Gasteiger partial charge in [-0.1, -0.05) is 0 Å². The highest BCUT2D eigenvalue weighted by Gasteiger charge is 2.50. The second kappa shape index (κ2) is 1.72. The molecule has 3 N–H and O–H groups in total. The van der Waals surface area contributed by atoms with Gasteiger partial charge in [-0.15, -0.1) is 0 Å². The van der Waals surface area contributed by atoms with E-state index in [0.29, 0.717) is 5.92 Å². The summed E-state index contributed by atoms with van der Waals surface area (Å²) in [6.07, 6.45) is 3.12. The second-order valence-electron chi connectivity index (χ2n) is 3.32. The molecule has 1 aliphatic heterocycles. The number of hydrogen-bond acceptors (Lipinski definition) is 2. The van der Waals surface area contributed by atoms with E-state index in [1.54, 1.807) is 0 Å². The summed E-state index contributed by atoms with van der Waals surface area (Å²) >= 11 is 0. The zero-order valence-electron chi connectivity index (χ0n) is 5.89. The van der Waals surface area contributed by atoms with Crippen LogP contribution in [0.2, 0.25) is 0 Å². The molecule has 2 fully saturated rings. The first-order valence-electron chi connectivity index (χ1n) is 3.81. The van der Waals surface area contributed by atoms with E-state index in [1.807, 2.05) is 0 Å². The van der Waals surface area contributed by atoms with Gasteiger partial charge in [-0.3, -0.25) is 4.79 Å². The van der Waals surface area contributed by atoms with E-state index in [2.05, 4.69) is 5.32 Å². The number of nitrogens with one attached hydrogen (secondary N) is 1. The van der Waals surface area contributed by atoms with Crippen LogP contribution in [0.5, 0.6) is 0 Å². The van der Waals surface area contributed by atoms with Crippen molar-refractivity contribution in [1.82, 2.24) is 5.32 Å². The summed E-state index contributed by atoms with van der Waals surface area (Å²) in [6, 6.07) is 0. The van der Waals surface area contributed by atoms with Gasteiger partial charge in [0.25, 0.3) is 0 Å². The molecule has 3 heteroatoms. The molecule has 2 aliphatic rings. The van der Waals surface area contributed by atoms with E-state index in [0.717, 1.165) is 25.8 Å². The Bertz CT molecular complexity index is 176. The summed E-state index contributed by atoms with van der Waals surface area (Å²) in [5, 5.41) is 2.77. The largest absolute Gasteiger partial charge is 0.354 e. The van der Waals surface area contributed by atoms with Crippen LogP contribution < -0.4 is 11.1 Å². The predicted octanol–water partition coefficient (Wildman–Crippen LogP) is -0.386. The summed E-state index contributed by atoms with van der Waals surface area (Å²) in [7, 11) is 0. The fourth-order valence-corrected chi connectivity index (χ4v) is 1.65. The van der Waals surface area contributed by atoms with Crippen LogP contribution in [0.25, 0.3) is 0 Å². The maximum atomic E-state index is 11.1. The molecule has 56 valence electrons. The third-order valence-corrected chi connectivity index (χ3v) is 2.55. The van der Waals surface area contributed by atoms with E-state index in [4.69, 9.17) is 5.73 Å². The van der Waals surface area contributed by atoms with Crippen LogP contribution in [-0.2, 0) is 4.79 Å². The first kappa shape index (κ1) is 6.16. The minimum Gasteiger partial charge on any atom is -0.354 e. The summed E-state index contributed by atoms with van der Waals surface area (Å²) < 4.78 is 0. The Morgan fingerprint density at radius 1 is 1.60 bits per heavy atom. The number of amides is 1. The summed E-state index contributed by atoms with van der Waals surface area (Å²) in [6.45, 7) is 0.770. The van der Waals surface area contributed by atoms with Crippen molar-refractivity contribution >= 4 is 5.91 Å². The molecule has 1 aliphatic carbocycles. The molecule has 1 saturated heterocycles. The van der Waals surface area contributed by atoms with Crippen molar-refractivity contribution in [2.45, 2.75) is 24.8 Å². The lowest BCUT2D eigenvalue weighted by molar-refractivity contribution is -0.124. The van der Waals surface area contributed by atoms with Crippen molar-refractivity contribution in [2.75, 3.05) is 6.54 Å². The average Bonchev–Trinajstić information content (AvgIpc) is 2.65. The van der Waals surface area contributed by atoms with Crippen LogP contribution >= 0.6 is 0 Å². The SMILES string of the molecule is NC1(C2CC2)CCNC1=O. The van der Waals surface area contributed by atoms with Gasteiger partial charge in [-0.2, -0.15) is 0 Å². The second-order valence-corrected chi connectivity index (χ2v) is 3.32. The molecule has 3 nitrogen and oxygen atoms in total. The van der Waals surface area contributed by atoms with Gasteiger partial charge in [0.15, 0.2) is 0 Å². The van der Waals surface area contributed by atoms with Gasteiger partial charge in [0, 0.05) is 6.54 Å². The molecule has 1 amide bonds. The molecule has 1 unspecified atom stereocenters. The molecule has 0 aromatic carbocycles. The highest BCUT2D eigenvalue weighted by atomic mass is 16.2. The van der Waals surface area contributed by atoms with Crippen molar-refractivity contribution in [2.24, 2.45) is 11.7 Å². The molecule has 0 radical (unpaired) electrons. The maximum absolute atomic E-state index is 11.1. The van der Waals surface area contributed by atoms with E-state index in [1.165, 1.54) is 0 Å². The standard InChI is InChI=1S/C7H12N2O/c8-7(5-1-2-5)3-4-9-6(7)10/h5H,1-4,8H2,(H,9,10). The number of carbonyl (C=O) groups excluding carboxylic acids is 1. The zero-order chi connectivity index (χ0) is 7.19. The highest BCUT2D eigenvalue weighted by Crippen LogP contribution is 2.41. The minimum absolute atomic E-state index is 0.0648. The van der Waals surface area contributed by atoms with Gasteiger partial charge >= 0.3 is 0 Å². The van der Waals surface area contributed by atoms with Gasteiger partial charge in [0.1, 0.15) is 0 Å². The summed E-state index contributed by atoms with van der Waals surface area (Å²) in [5.41, 5.74) is 5.41. The Morgan fingerprint density at radius 2 is 2.30 bits per heavy atom. The molecule has 1 heterocycles. The first-order valence-corrected chi connectivity index (χ1v) is 3.81. The molecular weight excluding hydrogens is 128 g/mol. The molecule has 1 saturated carbocycles. The van der Waals surface area contributed by atoms with Gasteiger partial charge in [0.2, 0.25) is 5.91 Å². The Balaban J connectivity index is 2.18. The lowest BCUT2D eigenvalue weighted by atomic mass is 9.93. The van der Waals surface area contributed by atoms with Crippen LogP contribution in [0, 0.1) is 5.92 Å². The lowest BCUT2D eigenvalue weighted by Crippen LogP contribution is -2.48. The van der Waals surface area contributed by atoms with Crippen molar-refractivity contribution in [3.05, 3.63) is 0 Å². The van der Waals surface area contributed by atoms with Crippen LogP contribution in [-0.4, -0.2) is 18.0 Å². The Labute approximate surface area is 60.0 Å². The van der Waals surface area contributed by atoms with Crippen molar-refractivity contribution in [3.63, 3.8) is 0 Å². The Hall–Kier alpha value is -0.570. The highest BCUT2D eigenvalue weighted by molar-refractivity contribution is 5.88. The first-order chi connectivity index (χ1) is 4.73. The Kier molecular flexibility index (Phi) is 1.06. The summed E-state index contributed by atoms with van der Waals surface area (Å²) in [5.74, 6) is 0.546. The molecule has 0 bridgehead atoms. The third kappa shape index (κ3) is 0.669. The topological polar surface area (TPSA) is 55.1 Å². The van der Waals surface area contributed by atoms with Crippen LogP contribution in [0.1, 0.15) is 19.3 Å². The molecular formula is C7H12N2O. The van der Waals surface area contributed by atoms with Gasteiger partial charge in [0.05, 0.1) is 5.54 Å². The third-order valence-electron chi connectivity index (χ3n) is 2.55. The van der Waals surface area contributed by atoms with Crippen molar-refractivity contribution < 1.29 is 4.79 Å². The summed E-state index contributed by atoms with van der Waals surface area (Å²) in [4.78, 5) is 11.1.